The van der Waals surface area contributed by atoms with Gasteiger partial charge in [-0.05, 0) is 26.2 Å². The summed E-state index contributed by atoms with van der Waals surface area (Å²) in [5.41, 5.74) is 2.43. The maximum absolute atomic E-state index is 12.2. The fraction of sp³-hybridized carbons (Fsp3) is 0.688. The number of aromatic amines is 1. The van der Waals surface area contributed by atoms with Gasteiger partial charge in [0.1, 0.15) is 0 Å². The summed E-state index contributed by atoms with van der Waals surface area (Å²) in [6.45, 7) is 9.18. The van der Waals surface area contributed by atoms with Crippen LogP contribution in [0.3, 0.4) is 0 Å². The van der Waals surface area contributed by atoms with Crippen molar-refractivity contribution in [1.29, 1.82) is 0 Å². The molecule has 0 aromatic carbocycles. The zero-order valence-corrected chi connectivity index (χ0v) is 14.1. The van der Waals surface area contributed by atoms with Crippen LogP contribution in [0, 0.1) is 25.7 Å². The predicted octanol–water partition coefficient (Wildman–Crippen LogP) is 0.765. The molecule has 7 heteroatoms. The number of aryl methyl sites for hydroxylation is 2. The molecule has 2 amide bonds. The Bertz CT molecular complexity index is 584. The van der Waals surface area contributed by atoms with E-state index < -0.39 is 0 Å². The number of amides is 2. The Morgan fingerprint density at radius 1 is 1.26 bits per heavy atom. The third-order valence-electron chi connectivity index (χ3n) is 4.87. The molecule has 126 valence electrons. The maximum Gasteiger partial charge on any atom is 0.238 e. The first-order chi connectivity index (χ1) is 11.0. The zero-order valence-electron chi connectivity index (χ0n) is 14.1. The summed E-state index contributed by atoms with van der Waals surface area (Å²) in [5.74, 6) is 1.06. The van der Waals surface area contributed by atoms with Gasteiger partial charge in [0.05, 0.1) is 23.6 Å². The predicted molar refractivity (Wildman–Crippen MR) is 87.0 cm³/mol. The van der Waals surface area contributed by atoms with Gasteiger partial charge in [-0.1, -0.05) is 6.92 Å². The average molecular weight is 319 g/mol. The molecule has 1 aliphatic heterocycles. The molecule has 1 aliphatic carbocycles. The van der Waals surface area contributed by atoms with E-state index in [1.165, 1.54) is 0 Å². The Balaban J connectivity index is 1.45. The van der Waals surface area contributed by atoms with Gasteiger partial charge in [0.25, 0.3) is 0 Å². The van der Waals surface area contributed by atoms with Crippen molar-refractivity contribution in [1.82, 2.24) is 20.0 Å². The number of nitrogens with one attached hydrogen (secondary N) is 2. The molecule has 1 aromatic rings. The fourth-order valence-electron chi connectivity index (χ4n) is 3.14. The van der Waals surface area contributed by atoms with E-state index in [4.69, 9.17) is 0 Å². The highest BCUT2D eigenvalue weighted by atomic mass is 16.2. The van der Waals surface area contributed by atoms with Crippen LogP contribution in [0.5, 0.6) is 0 Å². The van der Waals surface area contributed by atoms with Crippen LogP contribution in [0.25, 0.3) is 0 Å². The standard InChI is InChI=1S/C16H25N5O2/c1-10-8-13(10)16(23)21-6-4-20(5-7-21)9-14(22)17-15-11(2)18-19-12(15)3/h10,13H,4-9H2,1-3H3,(H,17,22)(H,18,19)/t10-,13+/m1/s1. The van der Waals surface area contributed by atoms with E-state index in [9.17, 15) is 9.59 Å². The number of rotatable bonds is 4. The monoisotopic (exact) mass is 319 g/mol. The summed E-state index contributed by atoms with van der Waals surface area (Å²) < 4.78 is 0. The number of hydrogen-bond acceptors (Lipinski definition) is 4. The van der Waals surface area contributed by atoms with Crippen molar-refractivity contribution in [2.75, 3.05) is 38.0 Å². The molecule has 2 heterocycles. The molecule has 7 nitrogen and oxygen atoms in total. The van der Waals surface area contributed by atoms with Crippen molar-refractivity contribution in [3.63, 3.8) is 0 Å². The SMILES string of the molecule is Cc1n[nH]c(C)c1NC(=O)CN1CCN(C(=O)[C@H]2C[C@H]2C)CC1. The minimum absolute atomic E-state index is 0.0341. The van der Waals surface area contributed by atoms with Crippen molar-refractivity contribution in [2.24, 2.45) is 11.8 Å². The fourth-order valence-corrected chi connectivity index (χ4v) is 3.14. The largest absolute Gasteiger partial charge is 0.340 e. The van der Waals surface area contributed by atoms with E-state index in [0.717, 1.165) is 49.7 Å². The van der Waals surface area contributed by atoms with Gasteiger partial charge in [0, 0.05) is 32.1 Å². The van der Waals surface area contributed by atoms with Gasteiger partial charge < -0.3 is 10.2 Å². The molecule has 2 atom stereocenters. The summed E-state index contributed by atoms with van der Waals surface area (Å²) in [5, 5.41) is 9.86. The van der Waals surface area contributed by atoms with Crippen molar-refractivity contribution in [3.8, 4) is 0 Å². The Hall–Kier alpha value is -1.89. The third kappa shape index (κ3) is 3.55. The van der Waals surface area contributed by atoms with Crippen LogP contribution < -0.4 is 5.32 Å². The molecule has 2 fully saturated rings. The van der Waals surface area contributed by atoms with Crippen molar-refractivity contribution >= 4 is 17.5 Å². The molecule has 0 spiro atoms. The van der Waals surface area contributed by atoms with Gasteiger partial charge in [-0.3, -0.25) is 19.6 Å². The molecule has 2 aliphatic rings. The number of aromatic nitrogens is 2. The minimum atomic E-state index is -0.0341. The first-order valence-corrected chi connectivity index (χ1v) is 8.28. The summed E-state index contributed by atoms with van der Waals surface area (Å²) in [4.78, 5) is 28.4. The highest BCUT2D eigenvalue weighted by Gasteiger charge is 2.41. The van der Waals surface area contributed by atoms with Gasteiger partial charge in [-0.2, -0.15) is 5.10 Å². The molecule has 23 heavy (non-hydrogen) atoms. The van der Waals surface area contributed by atoms with E-state index in [1.807, 2.05) is 18.7 Å². The van der Waals surface area contributed by atoms with Crippen molar-refractivity contribution in [2.45, 2.75) is 27.2 Å². The third-order valence-corrected chi connectivity index (χ3v) is 4.87. The lowest BCUT2D eigenvalue weighted by atomic mass is 10.2. The molecule has 1 aromatic heterocycles. The maximum atomic E-state index is 12.2. The molecular weight excluding hydrogens is 294 g/mol. The summed E-state index contributed by atoms with van der Waals surface area (Å²) >= 11 is 0. The van der Waals surface area contributed by atoms with Gasteiger partial charge >= 0.3 is 0 Å². The smallest absolute Gasteiger partial charge is 0.238 e. The first kappa shape index (κ1) is 16.0. The quantitative estimate of drug-likeness (QED) is 0.859. The lowest BCUT2D eigenvalue weighted by molar-refractivity contribution is -0.134. The van der Waals surface area contributed by atoms with Crippen LogP contribution in [0.15, 0.2) is 0 Å². The molecule has 2 N–H and O–H groups in total. The van der Waals surface area contributed by atoms with Gasteiger partial charge in [0.2, 0.25) is 11.8 Å². The van der Waals surface area contributed by atoms with Gasteiger partial charge in [-0.15, -0.1) is 0 Å². The second kappa shape index (κ2) is 6.31. The number of H-pyrrole nitrogens is 1. The molecule has 0 unspecified atom stereocenters. The van der Waals surface area contributed by atoms with Crippen molar-refractivity contribution < 1.29 is 9.59 Å². The topological polar surface area (TPSA) is 81.3 Å². The van der Waals surface area contributed by atoms with Crippen LogP contribution in [0.1, 0.15) is 24.7 Å². The van der Waals surface area contributed by atoms with Crippen LogP contribution in [-0.2, 0) is 9.59 Å². The lowest BCUT2D eigenvalue weighted by Crippen LogP contribution is -2.51. The van der Waals surface area contributed by atoms with Crippen LogP contribution >= 0.6 is 0 Å². The second-order valence-electron chi connectivity index (χ2n) is 6.78. The van der Waals surface area contributed by atoms with E-state index in [2.05, 4.69) is 27.3 Å². The first-order valence-electron chi connectivity index (χ1n) is 8.28. The number of carbonyl (C=O) groups is 2. The molecule has 1 saturated heterocycles. The Labute approximate surface area is 136 Å². The minimum Gasteiger partial charge on any atom is -0.340 e. The van der Waals surface area contributed by atoms with Crippen LogP contribution in [0.2, 0.25) is 0 Å². The number of nitrogens with zero attached hydrogens (tertiary/aromatic N) is 3. The lowest BCUT2D eigenvalue weighted by Gasteiger charge is -2.34. The normalized spacial score (nSPS) is 24.6. The number of anilines is 1. The van der Waals surface area contributed by atoms with Gasteiger partial charge in [-0.25, -0.2) is 0 Å². The van der Waals surface area contributed by atoms with E-state index in [-0.39, 0.29) is 11.8 Å². The molecule has 0 bridgehead atoms. The van der Waals surface area contributed by atoms with E-state index in [0.29, 0.717) is 18.4 Å². The van der Waals surface area contributed by atoms with Crippen LogP contribution in [-0.4, -0.2) is 64.5 Å². The summed E-state index contributed by atoms with van der Waals surface area (Å²) in [6, 6.07) is 0. The van der Waals surface area contributed by atoms with Crippen molar-refractivity contribution in [3.05, 3.63) is 11.4 Å². The highest BCUT2D eigenvalue weighted by molar-refractivity contribution is 5.93. The molecule has 0 radical (unpaired) electrons. The average Bonchev–Trinajstić information content (AvgIpc) is 3.18. The Kier molecular flexibility index (Phi) is 4.39. The molecular formula is C16H25N5O2. The number of hydrogen-bond donors (Lipinski definition) is 2. The number of piperazine rings is 1. The number of carbonyl (C=O) groups excluding carboxylic acids is 2. The van der Waals surface area contributed by atoms with Crippen LogP contribution in [0.4, 0.5) is 5.69 Å². The molecule has 3 rings (SSSR count). The molecule has 1 saturated carbocycles. The summed E-state index contributed by atoms with van der Waals surface area (Å²) in [7, 11) is 0. The Morgan fingerprint density at radius 3 is 2.43 bits per heavy atom. The Morgan fingerprint density at radius 2 is 1.91 bits per heavy atom. The second-order valence-corrected chi connectivity index (χ2v) is 6.78. The summed E-state index contributed by atoms with van der Waals surface area (Å²) in [6.07, 6.45) is 1.03. The van der Waals surface area contributed by atoms with Gasteiger partial charge in [0.15, 0.2) is 0 Å². The van der Waals surface area contributed by atoms with E-state index in [1.54, 1.807) is 0 Å². The zero-order chi connectivity index (χ0) is 16.6. The highest BCUT2D eigenvalue weighted by Crippen LogP contribution is 2.39. The van der Waals surface area contributed by atoms with E-state index >= 15 is 0 Å².